The van der Waals surface area contributed by atoms with Crippen LogP contribution in [0.2, 0.25) is 0 Å². The molecule has 2 N–H and O–H groups in total. The molecular weight excluding hydrogens is 466 g/mol. The maximum Gasteiger partial charge on any atom is 0.274 e. The van der Waals surface area contributed by atoms with Crippen LogP contribution < -0.4 is 5.48 Å². The first-order chi connectivity index (χ1) is 15.6. The molecule has 1 heterocycles. The second-order valence-corrected chi connectivity index (χ2v) is 8.85. The number of rotatable bonds is 8. The van der Waals surface area contributed by atoms with Crippen LogP contribution >= 0.6 is 0 Å². The van der Waals surface area contributed by atoms with E-state index in [2.05, 4.69) is 4.98 Å². The predicted octanol–water partition coefficient (Wildman–Crippen LogP) is 3.19. The van der Waals surface area contributed by atoms with Crippen LogP contribution in [0.15, 0.2) is 59.8 Å². The molecule has 0 radical (unpaired) electrons. The Bertz CT molecular complexity index is 1270. The Morgan fingerprint density at radius 1 is 1.00 bits per heavy atom. The number of carbonyl (C=O) groups excluding carboxylic acids is 1. The Labute approximate surface area is 186 Å². The van der Waals surface area contributed by atoms with E-state index in [-0.39, 0.29) is 13.0 Å². The number of hydrogen-bond donors (Lipinski definition) is 2. The molecule has 1 aromatic heterocycles. The summed E-state index contributed by atoms with van der Waals surface area (Å²) in [7, 11) is -4.44. The molecule has 0 aliphatic carbocycles. The van der Waals surface area contributed by atoms with Gasteiger partial charge in [-0.25, -0.2) is 31.5 Å². The summed E-state index contributed by atoms with van der Waals surface area (Å²) in [5.41, 5.74) is 0.359. The third-order valence-electron chi connectivity index (χ3n) is 4.68. The van der Waals surface area contributed by atoms with Crippen molar-refractivity contribution in [2.75, 3.05) is 6.54 Å². The maximum atomic E-state index is 14.6. The molecule has 0 atom stereocenters. The molecule has 1 amide bonds. The summed E-state index contributed by atoms with van der Waals surface area (Å²) in [4.78, 5) is 14.7. The van der Waals surface area contributed by atoms with E-state index in [0.29, 0.717) is 22.0 Å². The second-order valence-electron chi connectivity index (χ2n) is 6.92. The molecule has 33 heavy (non-hydrogen) atoms. The highest BCUT2D eigenvalue weighted by molar-refractivity contribution is 7.89. The lowest BCUT2D eigenvalue weighted by atomic mass is 10.1. The Hall–Kier alpha value is -3.35. The van der Waals surface area contributed by atoms with Crippen LogP contribution in [0.1, 0.15) is 21.5 Å². The molecule has 2 aromatic carbocycles. The normalized spacial score (nSPS) is 11.6. The number of hydroxylamine groups is 1. The van der Waals surface area contributed by atoms with E-state index in [0.717, 1.165) is 30.5 Å². The first-order valence-corrected chi connectivity index (χ1v) is 10.8. The molecule has 0 saturated heterocycles. The number of benzene rings is 2. The Morgan fingerprint density at radius 3 is 2.30 bits per heavy atom. The monoisotopic (exact) mass is 483 g/mol. The molecule has 3 rings (SSSR count). The van der Waals surface area contributed by atoms with Crippen molar-refractivity contribution < 1.29 is 36.0 Å². The number of amides is 1. The second kappa shape index (κ2) is 10.1. The quantitative estimate of drug-likeness (QED) is 0.291. The Kier molecular flexibility index (Phi) is 7.41. The Balaban J connectivity index is 1.99. The molecule has 0 aliphatic rings. The molecule has 0 unspecified atom stereocenters. The van der Waals surface area contributed by atoms with Gasteiger partial charge < -0.3 is 0 Å². The van der Waals surface area contributed by atoms with Crippen LogP contribution in [0.4, 0.5) is 17.6 Å². The highest BCUT2D eigenvalue weighted by Gasteiger charge is 2.28. The minimum absolute atomic E-state index is 0.0620. The van der Waals surface area contributed by atoms with Gasteiger partial charge in [-0.15, -0.1) is 0 Å². The zero-order chi connectivity index (χ0) is 24.2. The van der Waals surface area contributed by atoms with E-state index in [1.54, 1.807) is 0 Å². The topological polar surface area (TPSA) is 99.6 Å². The van der Waals surface area contributed by atoms with Gasteiger partial charge in [0.05, 0.1) is 11.1 Å². The number of carbonyl (C=O) groups is 1. The third-order valence-corrected chi connectivity index (χ3v) is 6.53. The van der Waals surface area contributed by atoms with Crippen LogP contribution in [0, 0.1) is 23.3 Å². The summed E-state index contributed by atoms with van der Waals surface area (Å²) >= 11 is 0. The van der Waals surface area contributed by atoms with Gasteiger partial charge >= 0.3 is 0 Å². The minimum Gasteiger partial charge on any atom is -0.288 e. The van der Waals surface area contributed by atoms with E-state index >= 15 is 0 Å². The largest absolute Gasteiger partial charge is 0.288 e. The molecule has 0 fully saturated rings. The minimum atomic E-state index is -4.44. The average Bonchev–Trinajstić information content (AvgIpc) is 2.77. The van der Waals surface area contributed by atoms with Gasteiger partial charge in [-0.2, -0.15) is 4.31 Å². The molecule has 0 spiro atoms. The number of nitrogens with one attached hydrogen (secondary N) is 1. The van der Waals surface area contributed by atoms with Crippen LogP contribution in [-0.2, 0) is 23.0 Å². The molecule has 174 valence electrons. The average molecular weight is 483 g/mol. The highest BCUT2D eigenvalue weighted by atomic mass is 32.2. The summed E-state index contributed by atoms with van der Waals surface area (Å²) < 4.78 is 83.3. The number of hydrogen-bond acceptors (Lipinski definition) is 5. The third kappa shape index (κ3) is 5.72. The van der Waals surface area contributed by atoms with Crippen LogP contribution in [0.3, 0.4) is 0 Å². The lowest BCUT2D eigenvalue weighted by molar-refractivity contribution is 0.0705. The summed E-state index contributed by atoms with van der Waals surface area (Å²) in [5, 5.41) is 8.64. The molecular formula is C21H17F4N3O4S. The first kappa shape index (κ1) is 24.3. The van der Waals surface area contributed by atoms with Gasteiger partial charge in [0.2, 0.25) is 10.0 Å². The van der Waals surface area contributed by atoms with Gasteiger partial charge in [0, 0.05) is 30.4 Å². The molecule has 0 saturated carbocycles. The molecule has 12 heteroatoms. The van der Waals surface area contributed by atoms with Crippen molar-refractivity contribution in [2.45, 2.75) is 17.9 Å². The summed E-state index contributed by atoms with van der Waals surface area (Å²) in [6.07, 6.45) is 2.20. The summed E-state index contributed by atoms with van der Waals surface area (Å²) in [5.74, 6) is -5.12. The summed E-state index contributed by atoms with van der Waals surface area (Å²) in [6, 6.07) is 6.47. The van der Waals surface area contributed by atoms with Crippen molar-refractivity contribution in [1.82, 2.24) is 14.8 Å². The number of aromatic nitrogens is 1. The fourth-order valence-electron chi connectivity index (χ4n) is 3.03. The van der Waals surface area contributed by atoms with Gasteiger partial charge in [-0.1, -0.05) is 6.07 Å². The molecule has 3 aromatic rings. The molecule has 0 aliphatic heterocycles. The number of nitrogens with zero attached hydrogens (tertiary/aromatic N) is 2. The number of halogens is 4. The highest BCUT2D eigenvalue weighted by Crippen LogP contribution is 2.24. The van der Waals surface area contributed by atoms with E-state index in [1.165, 1.54) is 17.7 Å². The fourth-order valence-corrected chi connectivity index (χ4v) is 4.47. The first-order valence-electron chi connectivity index (χ1n) is 9.39. The van der Waals surface area contributed by atoms with Gasteiger partial charge in [-0.05, 0) is 48.4 Å². The van der Waals surface area contributed by atoms with E-state index in [4.69, 9.17) is 5.21 Å². The standard InChI is InChI=1S/C21H17F4N3O4S/c22-15-2-1-3-17(9-15)33(31,32)28(5-4-13-6-16(23)11-26-10-13)12-18-19(24)7-14(8-20(18)25)21(29)27-30/h1-3,6-11,30H,4-5,12H2,(H,27,29). The van der Waals surface area contributed by atoms with E-state index in [1.807, 2.05) is 0 Å². The van der Waals surface area contributed by atoms with Crippen molar-refractivity contribution in [1.29, 1.82) is 0 Å². The van der Waals surface area contributed by atoms with E-state index < -0.39 is 61.8 Å². The lowest BCUT2D eigenvalue weighted by Crippen LogP contribution is -2.33. The number of sulfonamides is 1. The molecule has 0 bridgehead atoms. The lowest BCUT2D eigenvalue weighted by Gasteiger charge is -2.23. The van der Waals surface area contributed by atoms with E-state index in [9.17, 15) is 30.8 Å². The van der Waals surface area contributed by atoms with Crippen LogP contribution in [0.25, 0.3) is 0 Å². The zero-order valence-electron chi connectivity index (χ0n) is 16.8. The SMILES string of the molecule is O=C(NO)c1cc(F)c(CN(CCc2cncc(F)c2)S(=O)(=O)c2cccc(F)c2)c(F)c1. The zero-order valence-corrected chi connectivity index (χ0v) is 17.6. The van der Waals surface area contributed by atoms with Gasteiger partial charge in [0.1, 0.15) is 23.3 Å². The predicted molar refractivity (Wildman–Crippen MR) is 108 cm³/mol. The van der Waals surface area contributed by atoms with Crippen molar-refractivity contribution >= 4 is 15.9 Å². The van der Waals surface area contributed by atoms with Crippen LogP contribution in [0.5, 0.6) is 0 Å². The summed E-state index contributed by atoms with van der Waals surface area (Å²) in [6.45, 7) is -1.15. The fraction of sp³-hybridized carbons (Fsp3) is 0.143. The van der Waals surface area contributed by atoms with Crippen LogP contribution in [-0.4, -0.2) is 35.4 Å². The Morgan fingerprint density at radius 2 is 1.70 bits per heavy atom. The van der Waals surface area contributed by atoms with Crippen molar-refractivity contribution in [3.8, 4) is 0 Å². The number of pyridine rings is 1. The van der Waals surface area contributed by atoms with Crippen molar-refractivity contribution in [3.05, 3.63) is 94.8 Å². The molecule has 7 nitrogen and oxygen atoms in total. The van der Waals surface area contributed by atoms with Gasteiger partial charge in [0.15, 0.2) is 0 Å². The van der Waals surface area contributed by atoms with Crippen molar-refractivity contribution in [2.24, 2.45) is 0 Å². The van der Waals surface area contributed by atoms with Gasteiger partial charge in [0.25, 0.3) is 5.91 Å². The van der Waals surface area contributed by atoms with Gasteiger partial charge in [-0.3, -0.25) is 15.0 Å². The maximum absolute atomic E-state index is 14.6. The van der Waals surface area contributed by atoms with Crippen molar-refractivity contribution in [3.63, 3.8) is 0 Å². The smallest absolute Gasteiger partial charge is 0.274 e.